The van der Waals surface area contributed by atoms with Crippen molar-refractivity contribution in [3.05, 3.63) is 35.4 Å². The van der Waals surface area contributed by atoms with Crippen molar-refractivity contribution in [1.82, 2.24) is 5.32 Å². The van der Waals surface area contributed by atoms with Crippen molar-refractivity contribution in [2.75, 3.05) is 6.54 Å². The number of aryl methyl sites for hydroxylation is 1. The predicted molar refractivity (Wildman–Crippen MR) is 72.9 cm³/mol. The Hall–Kier alpha value is -1.26. The molecule has 0 bridgehead atoms. The van der Waals surface area contributed by atoms with Crippen molar-refractivity contribution in [3.8, 4) is 12.3 Å². The summed E-state index contributed by atoms with van der Waals surface area (Å²) < 4.78 is 0. The van der Waals surface area contributed by atoms with Crippen molar-refractivity contribution >= 4 is 0 Å². The van der Waals surface area contributed by atoms with Gasteiger partial charge in [0.05, 0.1) is 0 Å². The summed E-state index contributed by atoms with van der Waals surface area (Å²) in [7, 11) is 0. The van der Waals surface area contributed by atoms with Crippen LogP contribution in [0.15, 0.2) is 24.3 Å². The van der Waals surface area contributed by atoms with Gasteiger partial charge in [-0.1, -0.05) is 31.2 Å². The Balaban J connectivity index is 2.07. The lowest BCUT2D eigenvalue weighted by Gasteiger charge is -2.31. The molecule has 90 valence electrons. The average Bonchev–Trinajstić information content (AvgIpc) is 2.38. The molecule has 17 heavy (non-hydrogen) atoms. The Labute approximate surface area is 105 Å². The summed E-state index contributed by atoms with van der Waals surface area (Å²) in [6, 6.07) is 9.29. The van der Waals surface area contributed by atoms with Crippen LogP contribution >= 0.6 is 0 Å². The van der Waals surface area contributed by atoms with E-state index in [9.17, 15) is 0 Å². The molecule has 0 spiro atoms. The number of nitrogens with one attached hydrogen (secondary N) is 1. The zero-order valence-corrected chi connectivity index (χ0v) is 10.6. The van der Waals surface area contributed by atoms with Crippen LogP contribution in [0, 0.1) is 18.3 Å². The molecule has 2 rings (SSSR count). The maximum absolute atomic E-state index is 5.47. The van der Waals surface area contributed by atoms with Crippen LogP contribution in [0.1, 0.15) is 30.9 Å². The normalized spacial score (nSPS) is 20.4. The molecule has 1 aliphatic rings. The van der Waals surface area contributed by atoms with Crippen LogP contribution in [-0.2, 0) is 12.8 Å². The maximum Gasteiger partial charge on any atom is 0.0243 e. The highest BCUT2D eigenvalue weighted by Gasteiger charge is 2.24. The number of hydrogen-bond acceptors (Lipinski definition) is 1. The molecule has 1 aromatic carbocycles. The van der Waals surface area contributed by atoms with E-state index in [2.05, 4.69) is 42.4 Å². The summed E-state index contributed by atoms with van der Waals surface area (Å²) in [6.45, 7) is 3.16. The van der Waals surface area contributed by atoms with E-state index in [4.69, 9.17) is 6.42 Å². The van der Waals surface area contributed by atoms with E-state index < -0.39 is 0 Å². The van der Waals surface area contributed by atoms with Gasteiger partial charge in [-0.15, -0.1) is 12.3 Å². The Morgan fingerprint density at radius 3 is 2.88 bits per heavy atom. The van der Waals surface area contributed by atoms with E-state index in [1.165, 1.54) is 30.4 Å². The molecule has 1 aliphatic carbocycles. The lowest BCUT2D eigenvalue weighted by atomic mass is 9.79. The van der Waals surface area contributed by atoms with E-state index >= 15 is 0 Å². The molecular formula is C16H21N. The van der Waals surface area contributed by atoms with Gasteiger partial charge in [0.25, 0.3) is 0 Å². The van der Waals surface area contributed by atoms with Gasteiger partial charge in [0.1, 0.15) is 0 Å². The number of benzene rings is 1. The van der Waals surface area contributed by atoms with E-state index in [0.717, 1.165) is 13.0 Å². The fraction of sp³-hybridized carbons (Fsp3) is 0.500. The molecule has 0 heterocycles. The second-order valence-corrected chi connectivity index (χ2v) is 4.84. The average molecular weight is 227 g/mol. The van der Waals surface area contributed by atoms with E-state index in [1.54, 1.807) is 0 Å². The van der Waals surface area contributed by atoms with Gasteiger partial charge < -0.3 is 5.32 Å². The van der Waals surface area contributed by atoms with Gasteiger partial charge in [-0.2, -0.15) is 0 Å². The van der Waals surface area contributed by atoms with Crippen LogP contribution in [-0.4, -0.2) is 12.6 Å². The van der Waals surface area contributed by atoms with Gasteiger partial charge in [-0.25, -0.2) is 0 Å². The third-order valence-electron chi connectivity index (χ3n) is 3.76. The van der Waals surface area contributed by atoms with E-state index in [-0.39, 0.29) is 0 Å². The topological polar surface area (TPSA) is 12.0 Å². The smallest absolute Gasteiger partial charge is 0.0243 e. The summed E-state index contributed by atoms with van der Waals surface area (Å²) >= 11 is 0. The standard InChI is InChI=1S/C16H21N/c1-3-7-16(17-4-2)15-11-10-13-8-5-6-9-14(13)12-15/h1,5-6,8-9,15-17H,4,7,10-12H2,2H3. The summed E-state index contributed by atoms with van der Waals surface area (Å²) in [5.74, 6) is 3.51. The van der Waals surface area contributed by atoms with Gasteiger partial charge in [-0.05, 0) is 42.9 Å². The fourth-order valence-corrected chi connectivity index (χ4v) is 2.86. The maximum atomic E-state index is 5.47. The molecule has 0 radical (unpaired) electrons. The van der Waals surface area contributed by atoms with Gasteiger partial charge in [0, 0.05) is 12.5 Å². The molecule has 2 atom stereocenters. The third-order valence-corrected chi connectivity index (χ3v) is 3.76. The predicted octanol–water partition coefficient (Wildman–Crippen LogP) is 2.79. The highest BCUT2D eigenvalue weighted by atomic mass is 14.9. The first-order valence-corrected chi connectivity index (χ1v) is 6.58. The van der Waals surface area contributed by atoms with Crippen molar-refractivity contribution in [1.29, 1.82) is 0 Å². The minimum atomic E-state index is 0.485. The monoisotopic (exact) mass is 227 g/mol. The van der Waals surface area contributed by atoms with Crippen LogP contribution in [0.4, 0.5) is 0 Å². The summed E-state index contributed by atoms with van der Waals surface area (Å²) in [4.78, 5) is 0. The lowest BCUT2D eigenvalue weighted by molar-refractivity contribution is 0.328. The minimum absolute atomic E-state index is 0.485. The van der Waals surface area contributed by atoms with Gasteiger partial charge in [0.2, 0.25) is 0 Å². The van der Waals surface area contributed by atoms with Crippen LogP contribution in [0.3, 0.4) is 0 Å². The fourth-order valence-electron chi connectivity index (χ4n) is 2.86. The van der Waals surface area contributed by atoms with Gasteiger partial charge in [-0.3, -0.25) is 0 Å². The molecule has 0 saturated heterocycles. The second-order valence-electron chi connectivity index (χ2n) is 4.84. The molecule has 1 N–H and O–H groups in total. The Bertz CT molecular complexity index is 402. The van der Waals surface area contributed by atoms with Crippen molar-refractivity contribution < 1.29 is 0 Å². The minimum Gasteiger partial charge on any atom is -0.313 e. The molecular weight excluding hydrogens is 206 g/mol. The largest absolute Gasteiger partial charge is 0.313 e. The van der Waals surface area contributed by atoms with Crippen molar-refractivity contribution in [2.45, 2.75) is 38.6 Å². The summed E-state index contributed by atoms with van der Waals surface area (Å²) in [5, 5.41) is 3.54. The highest BCUT2D eigenvalue weighted by molar-refractivity contribution is 5.30. The Morgan fingerprint density at radius 2 is 2.18 bits per heavy atom. The van der Waals surface area contributed by atoms with Crippen LogP contribution in [0.5, 0.6) is 0 Å². The zero-order chi connectivity index (χ0) is 12.1. The summed E-state index contributed by atoms with van der Waals surface area (Å²) in [6.07, 6.45) is 9.96. The van der Waals surface area contributed by atoms with E-state index in [1.807, 2.05) is 0 Å². The number of terminal acetylenes is 1. The first kappa shape index (κ1) is 12.2. The van der Waals surface area contributed by atoms with Crippen LogP contribution in [0.2, 0.25) is 0 Å². The molecule has 0 aliphatic heterocycles. The van der Waals surface area contributed by atoms with E-state index in [0.29, 0.717) is 12.0 Å². The molecule has 2 unspecified atom stereocenters. The molecule has 1 heteroatoms. The first-order chi connectivity index (χ1) is 8.35. The number of fused-ring (bicyclic) bond motifs is 1. The molecule has 0 aromatic heterocycles. The highest BCUT2D eigenvalue weighted by Crippen LogP contribution is 2.28. The molecule has 0 saturated carbocycles. The van der Waals surface area contributed by atoms with Crippen LogP contribution in [0.25, 0.3) is 0 Å². The SMILES string of the molecule is C#CCC(NCC)C1CCc2ccccc2C1. The summed E-state index contributed by atoms with van der Waals surface area (Å²) in [5.41, 5.74) is 3.04. The third kappa shape index (κ3) is 2.90. The lowest BCUT2D eigenvalue weighted by Crippen LogP contribution is -2.38. The van der Waals surface area contributed by atoms with Crippen molar-refractivity contribution in [2.24, 2.45) is 5.92 Å². The molecule has 0 amide bonds. The first-order valence-electron chi connectivity index (χ1n) is 6.58. The zero-order valence-electron chi connectivity index (χ0n) is 10.6. The number of hydrogen-bond donors (Lipinski definition) is 1. The van der Waals surface area contributed by atoms with Crippen molar-refractivity contribution in [3.63, 3.8) is 0 Å². The Kier molecular flexibility index (Phi) is 4.23. The van der Waals surface area contributed by atoms with Crippen LogP contribution < -0.4 is 5.32 Å². The molecule has 1 aromatic rings. The molecule has 0 fully saturated rings. The quantitative estimate of drug-likeness (QED) is 0.780. The Morgan fingerprint density at radius 1 is 1.41 bits per heavy atom. The molecule has 1 nitrogen and oxygen atoms in total. The number of rotatable bonds is 4. The van der Waals surface area contributed by atoms with Gasteiger partial charge >= 0.3 is 0 Å². The van der Waals surface area contributed by atoms with Gasteiger partial charge in [0.15, 0.2) is 0 Å². The second kappa shape index (κ2) is 5.89.